The highest BCUT2D eigenvalue weighted by Gasteiger charge is 2.36. The third-order valence-corrected chi connectivity index (χ3v) is 5.36. The van der Waals surface area contributed by atoms with Crippen molar-refractivity contribution in [3.05, 3.63) is 51.9 Å². The van der Waals surface area contributed by atoms with Gasteiger partial charge in [-0.2, -0.15) is 23.2 Å². The topological polar surface area (TPSA) is 118 Å². The molecule has 0 aliphatic heterocycles. The van der Waals surface area contributed by atoms with Gasteiger partial charge in [0, 0.05) is 15.2 Å². The van der Waals surface area contributed by atoms with Crippen molar-refractivity contribution in [2.75, 3.05) is 10.2 Å². The molecule has 9 nitrogen and oxygen atoms in total. The number of imide groups is 1. The Morgan fingerprint density at radius 1 is 1.11 bits per heavy atom. The van der Waals surface area contributed by atoms with Crippen molar-refractivity contribution in [2.24, 2.45) is 0 Å². The summed E-state index contributed by atoms with van der Waals surface area (Å²) in [5.74, 6) is 0.285. The molecule has 1 aromatic carbocycles. The first kappa shape index (κ1) is 27.1. The lowest BCUT2D eigenvalue weighted by Gasteiger charge is -2.25. The molecular weight excluding hydrogens is 547 g/mol. The number of fused-ring (bicyclic) bond motifs is 1. The van der Waals surface area contributed by atoms with Gasteiger partial charge < -0.3 is 15.2 Å². The van der Waals surface area contributed by atoms with Crippen LogP contribution in [0.4, 0.5) is 34.3 Å². The van der Waals surface area contributed by atoms with E-state index in [4.69, 9.17) is 4.74 Å². The number of ether oxygens (including phenoxy) is 1. The number of aryl methyl sites for hydroxylation is 1. The largest absolute Gasteiger partial charge is 0.464 e. The number of carboxylic acid groups (broad SMARTS) is 1. The Kier molecular flexibility index (Phi) is 7.44. The summed E-state index contributed by atoms with van der Waals surface area (Å²) in [7, 11) is 0. The molecule has 0 saturated heterocycles. The molecule has 2 N–H and O–H groups in total. The molecule has 0 spiro atoms. The van der Waals surface area contributed by atoms with Gasteiger partial charge in [0.15, 0.2) is 5.82 Å². The molecule has 2 heterocycles. The van der Waals surface area contributed by atoms with Gasteiger partial charge in [0.05, 0.1) is 23.1 Å². The average Bonchev–Trinajstić information content (AvgIpc) is 2.73. The standard InChI is InChI=1S/C23H23BrF3N5O4/c1-11-15-7-6-13(24)8-16(15)19(31-30-11)28-12(2)17-9-14(10-18(29-17)23(25,26)27)32(20(33)34)21(35)36-22(3,4)5/h6-10,12H,1-5H3,(H,28,31)(H,33,34)/t12-/m1/s1. The fourth-order valence-electron chi connectivity index (χ4n) is 3.28. The van der Waals surface area contributed by atoms with E-state index in [2.05, 4.69) is 36.4 Å². The van der Waals surface area contributed by atoms with Crippen LogP contribution in [0, 0.1) is 6.92 Å². The second-order valence-electron chi connectivity index (χ2n) is 8.92. The molecule has 13 heteroatoms. The Labute approximate surface area is 212 Å². The Morgan fingerprint density at radius 3 is 2.36 bits per heavy atom. The van der Waals surface area contributed by atoms with E-state index in [0.717, 1.165) is 15.9 Å². The van der Waals surface area contributed by atoms with E-state index in [-0.39, 0.29) is 16.4 Å². The van der Waals surface area contributed by atoms with Crippen LogP contribution < -0.4 is 10.2 Å². The van der Waals surface area contributed by atoms with Crippen LogP contribution in [0.2, 0.25) is 0 Å². The zero-order chi connectivity index (χ0) is 27.0. The first-order valence-corrected chi connectivity index (χ1v) is 11.4. The van der Waals surface area contributed by atoms with E-state index in [1.807, 2.05) is 12.1 Å². The zero-order valence-corrected chi connectivity index (χ0v) is 21.5. The molecule has 0 fully saturated rings. The molecule has 36 heavy (non-hydrogen) atoms. The van der Waals surface area contributed by atoms with Gasteiger partial charge in [0.2, 0.25) is 0 Å². The van der Waals surface area contributed by atoms with Gasteiger partial charge in [-0.3, -0.25) is 0 Å². The zero-order valence-electron chi connectivity index (χ0n) is 19.9. The van der Waals surface area contributed by atoms with Gasteiger partial charge >= 0.3 is 18.4 Å². The van der Waals surface area contributed by atoms with Crippen LogP contribution in [0.3, 0.4) is 0 Å². The monoisotopic (exact) mass is 569 g/mol. The number of anilines is 2. The fraction of sp³-hybridized carbons (Fsp3) is 0.348. The van der Waals surface area contributed by atoms with Crippen molar-refractivity contribution < 1.29 is 32.6 Å². The van der Waals surface area contributed by atoms with Gasteiger partial charge in [0.1, 0.15) is 11.3 Å². The van der Waals surface area contributed by atoms with E-state index in [1.165, 1.54) is 27.7 Å². The SMILES string of the molecule is Cc1nnc(N[C@H](C)c2cc(N(C(=O)O)C(=O)OC(C)(C)C)cc(C(F)(F)F)n2)c2cc(Br)ccc12. The second-order valence-corrected chi connectivity index (χ2v) is 9.84. The molecule has 0 aliphatic rings. The quantitative estimate of drug-likeness (QED) is 0.356. The van der Waals surface area contributed by atoms with Crippen molar-refractivity contribution in [1.82, 2.24) is 15.2 Å². The third kappa shape index (κ3) is 6.20. The molecule has 0 radical (unpaired) electrons. The molecule has 0 bridgehead atoms. The molecule has 2 amide bonds. The number of halogens is 4. The van der Waals surface area contributed by atoms with Gasteiger partial charge in [0.25, 0.3) is 0 Å². The summed E-state index contributed by atoms with van der Waals surface area (Å²) in [6, 6.07) is 6.09. The first-order valence-electron chi connectivity index (χ1n) is 10.6. The van der Waals surface area contributed by atoms with Gasteiger partial charge in [-0.15, -0.1) is 5.10 Å². The first-order chi connectivity index (χ1) is 16.6. The van der Waals surface area contributed by atoms with Crippen LogP contribution in [0.5, 0.6) is 0 Å². The van der Waals surface area contributed by atoms with E-state index in [9.17, 15) is 27.9 Å². The number of hydrogen-bond donors (Lipinski definition) is 2. The summed E-state index contributed by atoms with van der Waals surface area (Å²) in [5, 5.41) is 22.3. The molecule has 0 aliphatic carbocycles. The molecular formula is C23H23BrF3N5O4. The van der Waals surface area contributed by atoms with Crippen molar-refractivity contribution in [1.29, 1.82) is 0 Å². The number of nitrogens with zero attached hydrogens (tertiary/aromatic N) is 4. The Morgan fingerprint density at radius 2 is 1.78 bits per heavy atom. The molecule has 3 aromatic rings. The Bertz CT molecular complexity index is 1330. The minimum atomic E-state index is -4.91. The summed E-state index contributed by atoms with van der Waals surface area (Å²) in [4.78, 5) is 28.2. The highest BCUT2D eigenvalue weighted by atomic mass is 79.9. The number of alkyl halides is 3. The van der Waals surface area contributed by atoms with Crippen LogP contribution in [0.25, 0.3) is 10.8 Å². The predicted octanol–water partition coefficient (Wildman–Crippen LogP) is 6.71. The van der Waals surface area contributed by atoms with Crippen molar-refractivity contribution in [3.8, 4) is 0 Å². The van der Waals surface area contributed by atoms with Crippen LogP contribution >= 0.6 is 15.9 Å². The minimum absolute atomic E-state index is 0.108. The van der Waals surface area contributed by atoms with Crippen molar-refractivity contribution in [2.45, 2.75) is 52.4 Å². The minimum Gasteiger partial charge on any atom is -0.464 e. The number of aromatic nitrogens is 3. The van der Waals surface area contributed by atoms with E-state index >= 15 is 0 Å². The van der Waals surface area contributed by atoms with Gasteiger partial charge in [-0.05, 0) is 58.9 Å². The highest BCUT2D eigenvalue weighted by molar-refractivity contribution is 9.10. The number of hydrogen-bond acceptors (Lipinski definition) is 7. The highest BCUT2D eigenvalue weighted by Crippen LogP contribution is 2.34. The molecule has 3 rings (SSSR count). The number of pyridine rings is 1. The molecule has 1 atom stereocenters. The average molecular weight is 570 g/mol. The predicted molar refractivity (Wildman–Crippen MR) is 130 cm³/mol. The van der Waals surface area contributed by atoms with Crippen LogP contribution in [-0.4, -0.2) is 38.1 Å². The molecule has 0 unspecified atom stereocenters. The Balaban J connectivity index is 2.09. The number of rotatable bonds is 4. The smallest absolute Gasteiger partial charge is 0.433 e. The lowest BCUT2D eigenvalue weighted by molar-refractivity contribution is -0.141. The normalized spacial score (nSPS) is 12.8. The number of nitrogens with one attached hydrogen (secondary N) is 1. The summed E-state index contributed by atoms with van der Waals surface area (Å²) in [5.41, 5.74) is -2.54. The van der Waals surface area contributed by atoms with Crippen molar-refractivity contribution >= 4 is 50.4 Å². The summed E-state index contributed by atoms with van der Waals surface area (Å²) >= 11 is 3.39. The van der Waals surface area contributed by atoms with Crippen LogP contribution in [0.15, 0.2) is 34.8 Å². The van der Waals surface area contributed by atoms with Crippen LogP contribution in [-0.2, 0) is 10.9 Å². The number of amides is 2. The maximum absolute atomic E-state index is 13.7. The maximum atomic E-state index is 13.7. The summed E-state index contributed by atoms with van der Waals surface area (Å²) in [6.45, 7) is 7.80. The second kappa shape index (κ2) is 9.88. The Hall–Kier alpha value is -3.48. The van der Waals surface area contributed by atoms with E-state index in [1.54, 1.807) is 13.0 Å². The van der Waals surface area contributed by atoms with Gasteiger partial charge in [-0.1, -0.05) is 22.0 Å². The fourth-order valence-corrected chi connectivity index (χ4v) is 3.64. The lowest BCUT2D eigenvalue weighted by Crippen LogP contribution is -2.40. The number of carbonyl (C=O) groups is 2. The van der Waals surface area contributed by atoms with Crippen molar-refractivity contribution in [3.63, 3.8) is 0 Å². The lowest BCUT2D eigenvalue weighted by atomic mass is 10.1. The summed E-state index contributed by atoms with van der Waals surface area (Å²) in [6.07, 6.45) is -8.07. The number of carbonyl (C=O) groups excluding carboxylic acids is 1. The van der Waals surface area contributed by atoms with E-state index < -0.39 is 41.4 Å². The van der Waals surface area contributed by atoms with Gasteiger partial charge in [-0.25, -0.2) is 14.6 Å². The third-order valence-electron chi connectivity index (χ3n) is 4.87. The van der Waals surface area contributed by atoms with E-state index in [0.29, 0.717) is 17.1 Å². The maximum Gasteiger partial charge on any atom is 0.433 e. The molecule has 2 aromatic heterocycles. The molecule has 0 saturated carbocycles. The van der Waals surface area contributed by atoms with Crippen LogP contribution in [0.1, 0.15) is 50.8 Å². The summed E-state index contributed by atoms with van der Waals surface area (Å²) < 4.78 is 46.9. The number of benzene rings is 1. The molecule has 192 valence electrons.